The molecule has 1 atom stereocenters. The Hall–Kier alpha value is -2.08. The van der Waals surface area contributed by atoms with E-state index in [0.29, 0.717) is 11.8 Å². The molecule has 2 aromatic rings. The maximum absolute atomic E-state index is 2.48. The fraction of sp³-hybridized carbons (Fsp3) is 0.360. The van der Waals surface area contributed by atoms with Gasteiger partial charge in [-0.1, -0.05) is 83.2 Å². The molecule has 0 fully saturated rings. The second kappa shape index (κ2) is 5.73. The zero-order valence-corrected chi connectivity index (χ0v) is 16.1. The summed E-state index contributed by atoms with van der Waals surface area (Å²) in [6.07, 6.45) is 8.26. The average Bonchev–Trinajstić information content (AvgIpc) is 3.17. The van der Waals surface area contributed by atoms with Gasteiger partial charge in [0, 0.05) is 5.92 Å². The van der Waals surface area contributed by atoms with E-state index in [-0.39, 0.29) is 5.41 Å². The van der Waals surface area contributed by atoms with Gasteiger partial charge in [-0.2, -0.15) is 0 Å². The smallest absolute Gasteiger partial charge is 0.0210 e. The average molecular weight is 328 g/mol. The fourth-order valence-corrected chi connectivity index (χ4v) is 4.21. The monoisotopic (exact) mass is 328 g/mol. The lowest BCUT2D eigenvalue weighted by molar-refractivity contribution is 0.517. The first-order valence-electron chi connectivity index (χ1n) is 9.50. The van der Waals surface area contributed by atoms with Crippen LogP contribution in [0.2, 0.25) is 0 Å². The molecule has 2 aromatic carbocycles. The minimum atomic E-state index is 0.215. The third-order valence-corrected chi connectivity index (χ3v) is 5.69. The molecule has 0 saturated heterocycles. The molecule has 0 N–H and O–H groups in total. The van der Waals surface area contributed by atoms with Crippen molar-refractivity contribution in [2.24, 2.45) is 5.41 Å². The largest absolute Gasteiger partial charge is 0.0729 e. The van der Waals surface area contributed by atoms with Crippen LogP contribution in [0, 0.1) is 5.41 Å². The van der Waals surface area contributed by atoms with Gasteiger partial charge in [0.05, 0.1) is 0 Å². The molecule has 2 aliphatic rings. The minimum absolute atomic E-state index is 0.215. The number of rotatable bonds is 2. The summed E-state index contributed by atoms with van der Waals surface area (Å²) in [5.74, 6) is 0.953. The summed E-state index contributed by atoms with van der Waals surface area (Å²) in [7, 11) is 0. The fourth-order valence-electron chi connectivity index (χ4n) is 4.21. The van der Waals surface area contributed by atoms with E-state index >= 15 is 0 Å². The zero-order valence-electron chi connectivity index (χ0n) is 16.1. The van der Waals surface area contributed by atoms with Crippen LogP contribution in [-0.2, 0) is 6.42 Å². The highest BCUT2D eigenvalue weighted by atomic mass is 14.3. The Morgan fingerprint density at radius 3 is 2.40 bits per heavy atom. The van der Waals surface area contributed by atoms with Gasteiger partial charge in [-0.15, -0.1) is 0 Å². The van der Waals surface area contributed by atoms with Crippen LogP contribution in [0.15, 0.2) is 60.2 Å². The molecule has 4 rings (SSSR count). The molecule has 0 spiro atoms. The molecule has 0 amide bonds. The Kier molecular flexibility index (Phi) is 3.76. The van der Waals surface area contributed by atoms with Gasteiger partial charge in [-0.05, 0) is 62.8 Å². The highest BCUT2D eigenvalue weighted by molar-refractivity contribution is 5.78. The molecule has 2 aliphatic carbocycles. The van der Waals surface area contributed by atoms with E-state index in [2.05, 4.69) is 89.2 Å². The van der Waals surface area contributed by atoms with E-state index in [9.17, 15) is 0 Å². The van der Waals surface area contributed by atoms with E-state index < -0.39 is 0 Å². The van der Waals surface area contributed by atoms with Crippen molar-refractivity contribution in [3.63, 3.8) is 0 Å². The summed E-state index contributed by atoms with van der Waals surface area (Å²) in [4.78, 5) is 0. The van der Waals surface area contributed by atoms with Crippen molar-refractivity contribution in [1.82, 2.24) is 0 Å². The highest BCUT2D eigenvalue weighted by Crippen LogP contribution is 2.43. The first kappa shape index (κ1) is 16.4. The number of hydrogen-bond acceptors (Lipinski definition) is 0. The van der Waals surface area contributed by atoms with Crippen LogP contribution in [0.4, 0.5) is 0 Å². The van der Waals surface area contributed by atoms with Crippen LogP contribution in [-0.4, -0.2) is 0 Å². The molecule has 0 aromatic heterocycles. The van der Waals surface area contributed by atoms with Gasteiger partial charge >= 0.3 is 0 Å². The molecular weight excluding hydrogens is 300 g/mol. The zero-order chi connectivity index (χ0) is 17.8. The van der Waals surface area contributed by atoms with Gasteiger partial charge in [-0.25, -0.2) is 0 Å². The number of hydrogen-bond donors (Lipinski definition) is 0. The molecule has 0 radical (unpaired) electrons. The molecule has 128 valence electrons. The lowest BCUT2D eigenvalue weighted by Crippen LogP contribution is -2.06. The number of allylic oxidation sites excluding steroid dienone is 4. The Balaban J connectivity index is 1.84. The second-order valence-corrected chi connectivity index (χ2v) is 8.88. The summed E-state index contributed by atoms with van der Waals surface area (Å²) in [5.41, 5.74) is 10.5. The van der Waals surface area contributed by atoms with Crippen molar-refractivity contribution in [2.45, 2.75) is 52.9 Å². The summed E-state index contributed by atoms with van der Waals surface area (Å²) < 4.78 is 0. The van der Waals surface area contributed by atoms with Crippen molar-refractivity contribution in [3.8, 4) is 11.1 Å². The van der Waals surface area contributed by atoms with E-state index in [1.165, 1.54) is 39.0 Å². The minimum Gasteiger partial charge on any atom is -0.0729 e. The predicted octanol–water partition coefficient (Wildman–Crippen LogP) is 7.01. The normalized spacial score (nSPS) is 18.5. The topological polar surface area (TPSA) is 0 Å². The van der Waals surface area contributed by atoms with Gasteiger partial charge in [0.2, 0.25) is 0 Å². The molecule has 0 heteroatoms. The number of fused-ring (bicyclic) bond motifs is 3. The van der Waals surface area contributed by atoms with Crippen molar-refractivity contribution in [3.05, 3.63) is 82.5 Å². The van der Waals surface area contributed by atoms with Crippen molar-refractivity contribution in [1.29, 1.82) is 0 Å². The predicted molar refractivity (Wildman–Crippen MR) is 108 cm³/mol. The van der Waals surface area contributed by atoms with Gasteiger partial charge in [0.1, 0.15) is 0 Å². The molecule has 0 bridgehead atoms. The highest BCUT2D eigenvalue weighted by Gasteiger charge is 2.26. The van der Waals surface area contributed by atoms with Crippen molar-refractivity contribution >= 4 is 0 Å². The summed E-state index contributed by atoms with van der Waals surface area (Å²) >= 11 is 0. The first-order valence-corrected chi connectivity index (χ1v) is 9.50. The van der Waals surface area contributed by atoms with Gasteiger partial charge in [0.15, 0.2) is 0 Å². The van der Waals surface area contributed by atoms with Gasteiger partial charge < -0.3 is 0 Å². The second-order valence-electron chi connectivity index (χ2n) is 8.88. The van der Waals surface area contributed by atoms with Crippen LogP contribution < -0.4 is 0 Å². The summed E-state index contributed by atoms with van der Waals surface area (Å²) in [6, 6.07) is 13.8. The van der Waals surface area contributed by atoms with E-state index in [0.717, 1.165) is 6.42 Å². The van der Waals surface area contributed by atoms with E-state index in [1.807, 2.05) is 0 Å². The summed E-state index contributed by atoms with van der Waals surface area (Å²) in [5, 5.41) is 0. The third-order valence-electron chi connectivity index (χ3n) is 5.69. The van der Waals surface area contributed by atoms with Crippen LogP contribution in [0.3, 0.4) is 0 Å². The molecule has 1 unspecified atom stereocenters. The maximum atomic E-state index is 2.48. The lowest BCUT2D eigenvalue weighted by atomic mass is 9.84. The SMILES string of the molecule is CC(C)c1cc2c(cc1C1C=CC(C(C)(C)C)=C1)-c1ccccc1C2. The molecule has 0 aliphatic heterocycles. The van der Waals surface area contributed by atoms with Crippen LogP contribution in [0.1, 0.15) is 68.7 Å². The van der Waals surface area contributed by atoms with E-state index in [4.69, 9.17) is 0 Å². The quantitative estimate of drug-likeness (QED) is 0.475. The Bertz CT molecular complexity index is 885. The molecular formula is C25H28. The van der Waals surface area contributed by atoms with Crippen LogP contribution >= 0.6 is 0 Å². The Morgan fingerprint density at radius 1 is 0.960 bits per heavy atom. The van der Waals surface area contributed by atoms with Crippen molar-refractivity contribution in [2.75, 3.05) is 0 Å². The molecule has 25 heavy (non-hydrogen) atoms. The first-order chi connectivity index (χ1) is 11.8. The van der Waals surface area contributed by atoms with Crippen LogP contribution in [0.25, 0.3) is 11.1 Å². The standard InChI is InChI=1S/C25H28/c1-16(2)22-14-19-12-17-8-6-7-9-21(17)24(19)15-23(22)18-10-11-20(13-18)25(3,4)5/h6-11,13-16,18H,12H2,1-5H3. The molecule has 0 heterocycles. The maximum Gasteiger partial charge on any atom is 0.0210 e. The van der Waals surface area contributed by atoms with Crippen molar-refractivity contribution < 1.29 is 0 Å². The Labute approximate surface area is 152 Å². The van der Waals surface area contributed by atoms with E-state index in [1.54, 1.807) is 0 Å². The van der Waals surface area contributed by atoms with Crippen LogP contribution in [0.5, 0.6) is 0 Å². The molecule has 0 saturated carbocycles. The van der Waals surface area contributed by atoms with Gasteiger partial charge in [0.25, 0.3) is 0 Å². The van der Waals surface area contributed by atoms with Gasteiger partial charge in [-0.3, -0.25) is 0 Å². The molecule has 0 nitrogen and oxygen atoms in total. The third kappa shape index (κ3) is 2.78. The summed E-state index contributed by atoms with van der Waals surface area (Å²) in [6.45, 7) is 11.5. The lowest BCUT2D eigenvalue weighted by Gasteiger charge is -2.20. The Morgan fingerprint density at radius 2 is 1.72 bits per heavy atom. The number of benzene rings is 2.